The smallest absolute Gasteiger partial charge is 0.217 e. The van der Waals surface area contributed by atoms with Crippen LogP contribution in [0.5, 0.6) is 5.75 Å². The van der Waals surface area contributed by atoms with Crippen molar-refractivity contribution in [1.29, 1.82) is 0 Å². The third-order valence-corrected chi connectivity index (χ3v) is 4.29. The molecule has 1 aliphatic heterocycles. The average molecular weight is 364 g/mol. The number of guanidine groups is 1. The van der Waals surface area contributed by atoms with Gasteiger partial charge < -0.3 is 20.7 Å². The van der Waals surface area contributed by atoms with E-state index < -0.39 is 0 Å². The highest BCUT2D eigenvalue weighted by Gasteiger charge is 2.23. The highest BCUT2D eigenvalue weighted by molar-refractivity contribution is 5.80. The van der Waals surface area contributed by atoms with Gasteiger partial charge >= 0.3 is 0 Å². The molecular formula is C19H29FN4O2. The Labute approximate surface area is 154 Å². The molecule has 0 aromatic heterocycles. The number of hydrogen-bond acceptors (Lipinski definition) is 3. The van der Waals surface area contributed by atoms with Gasteiger partial charge in [0.1, 0.15) is 11.6 Å². The lowest BCUT2D eigenvalue weighted by Crippen LogP contribution is -2.47. The van der Waals surface area contributed by atoms with Crippen LogP contribution >= 0.6 is 0 Å². The number of nitrogens with one attached hydrogen (secondary N) is 1. The first-order valence-electron chi connectivity index (χ1n) is 9.28. The Bertz CT molecular complexity index is 592. The Balaban J connectivity index is 1.79. The van der Waals surface area contributed by atoms with E-state index in [1.165, 1.54) is 12.1 Å². The molecule has 0 aliphatic carbocycles. The number of hydrogen-bond donors (Lipinski definition) is 2. The number of carbonyl (C=O) groups excluding carboxylic acids is 1. The van der Waals surface area contributed by atoms with Crippen molar-refractivity contribution < 1.29 is 13.9 Å². The summed E-state index contributed by atoms with van der Waals surface area (Å²) in [5, 5.41) is 3.32. The fourth-order valence-electron chi connectivity index (χ4n) is 3.10. The number of carbonyl (C=O) groups is 1. The molecule has 1 aromatic rings. The summed E-state index contributed by atoms with van der Waals surface area (Å²) in [6.07, 6.45) is 3.27. The van der Waals surface area contributed by atoms with E-state index in [0.29, 0.717) is 31.2 Å². The van der Waals surface area contributed by atoms with E-state index >= 15 is 0 Å². The van der Waals surface area contributed by atoms with Crippen molar-refractivity contribution in [2.75, 3.05) is 32.8 Å². The molecule has 1 atom stereocenters. The maximum atomic E-state index is 12.9. The fourth-order valence-corrected chi connectivity index (χ4v) is 3.10. The molecule has 1 heterocycles. The standard InChI is InChI=1S/C19H29FN4O2/c1-2-22-19(24-11-3-5-15(14-24)13-18(21)25)23-10-4-12-26-17-8-6-16(20)7-9-17/h6-9,15H,2-5,10-14H2,1H3,(H2,21,25)(H,22,23). The van der Waals surface area contributed by atoms with Crippen LogP contribution in [0.4, 0.5) is 4.39 Å². The minimum absolute atomic E-state index is 0.239. The second kappa shape index (κ2) is 10.6. The molecule has 144 valence electrons. The van der Waals surface area contributed by atoms with Crippen LogP contribution < -0.4 is 15.8 Å². The highest BCUT2D eigenvalue weighted by atomic mass is 19.1. The van der Waals surface area contributed by atoms with E-state index in [9.17, 15) is 9.18 Å². The number of likely N-dealkylation sites (tertiary alicyclic amines) is 1. The largest absolute Gasteiger partial charge is 0.494 e. The van der Waals surface area contributed by atoms with Crippen molar-refractivity contribution in [1.82, 2.24) is 10.2 Å². The number of aliphatic imine (C=N–C) groups is 1. The molecule has 1 saturated heterocycles. The zero-order valence-corrected chi connectivity index (χ0v) is 15.4. The van der Waals surface area contributed by atoms with E-state index in [1.54, 1.807) is 12.1 Å². The minimum Gasteiger partial charge on any atom is -0.494 e. The number of benzene rings is 1. The molecule has 1 fully saturated rings. The summed E-state index contributed by atoms with van der Waals surface area (Å²) in [7, 11) is 0. The second-order valence-electron chi connectivity index (χ2n) is 6.52. The summed E-state index contributed by atoms with van der Waals surface area (Å²) in [4.78, 5) is 18.1. The molecule has 1 amide bonds. The van der Waals surface area contributed by atoms with Gasteiger partial charge in [0.15, 0.2) is 5.96 Å². The van der Waals surface area contributed by atoms with Crippen LogP contribution in [0.25, 0.3) is 0 Å². The quantitative estimate of drug-likeness (QED) is 0.421. The molecule has 0 radical (unpaired) electrons. The van der Waals surface area contributed by atoms with Gasteiger partial charge in [-0.3, -0.25) is 9.79 Å². The molecule has 0 bridgehead atoms. The third kappa shape index (κ3) is 6.90. The monoisotopic (exact) mass is 364 g/mol. The number of primary amides is 1. The third-order valence-electron chi connectivity index (χ3n) is 4.29. The summed E-state index contributed by atoms with van der Waals surface area (Å²) in [6, 6.07) is 6.01. The lowest BCUT2D eigenvalue weighted by molar-refractivity contribution is -0.119. The molecule has 0 spiro atoms. The summed E-state index contributed by atoms with van der Waals surface area (Å²) >= 11 is 0. The van der Waals surface area contributed by atoms with Crippen molar-refractivity contribution in [3.05, 3.63) is 30.1 Å². The Morgan fingerprint density at radius 1 is 1.42 bits per heavy atom. The van der Waals surface area contributed by atoms with Gasteiger partial charge in [-0.2, -0.15) is 0 Å². The second-order valence-corrected chi connectivity index (χ2v) is 6.52. The Hall–Kier alpha value is -2.31. The number of piperidine rings is 1. The molecule has 0 saturated carbocycles. The molecule has 2 rings (SSSR count). The number of rotatable bonds is 8. The molecule has 1 aliphatic rings. The van der Waals surface area contributed by atoms with Crippen molar-refractivity contribution in [3.63, 3.8) is 0 Å². The normalized spacial score (nSPS) is 17.8. The Kier molecular flexibility index (Phi) is 8.18. The highest BCUT2D eigenvalue weighted by Crippen LogP contribution is 2.19. The van der Waals surface area contributed by atoms with Gasteiger partial charge in [-0.1, -0.05) is 0 Å². The van der Waals surface area contributed by atoms with E-state index in [-0.39, 0.29) is 11.7 Å². The SMILES string of the molecule is CCNC(=NCCCOc1ccc(F)cc1)N1CCCC(CC(N)=O)C1. The van der Waals surface area contributed by atoms with Crippen LogP contribution in [0.3, 0.4) is 0 Å². The maximum absolute atomic E-state index is 12.9. The molecule has 26 heavy (non-hydrogen) atoms. The Morgan fingerprint density at radius 2 is 2.19 bits per heavy atom. The molecule has 7 heteroatoms. The predicted molar refractivity (Wildman–Crippen MR) is 101 cm³/mol. The van der Waals surface area contributed by atoms with Gasteiger partial charge in [0, 0.05) is 39.0 Å². The molecule has 3 N–H and O–H groups in total. The summed E-state index contributed by atoms with van der Waals surface area (Å²) < 4.78 is 18.4. The first-order valence-corrected chi connectivity index (χ1v) is 9.28. The van der Waals surface area contributed by atoms with E-state index in [2.05, 4.69) is 15.2 Å². The van der Waals surface area contributed by atoms with Crippen molar-refractivity contribution in [2.45, 2.75) is 32.6 Å². The van der Waals surface area contributed by atoms with Crippen LogP contribution in [-0.4, -0.2) is 49.6 Å². The maximum Gasteiger partial charge on any atom is 0.217 e. The van der Waals surface area contributed by atoms with Crippen LogP contribution in [0.1, 0.15) is 32.6 Å². The first-order chi connectivity index (χ1) is 12.6. The van der Waals surface area contributed by atoms with Crippen LogP contribution in [0.15, 0.2) is 29.3 Å². The number of halogens is 1. The topological polar surface area (TPSA) is 80.0 Å². The van der Waals surface area contributed by atoms with Gasteiger partial charge in [0.05, 0.1) is 6.61 Å². The zero-order chi connectivity index (χ0) is 18.8. The molecule has 6 nitrogen and oxygen atoms in total. The van der Waals surface area contributed by atoms with Crippen LogP contribution in [-0.2, 0) is 4.79 Å². The summed E-state index contributed by atoms with van der Waals surface area (Å²) in [5.41, 5.74) is 5.34. The van der Waals surface area contributed by atoms with Gasteiger partial charge in [0.2, 0.25) is 5.91 Å². The van der Waals surface area contributed by atoms with Crippen molar-refractivity contribution in [3.8, 4) is 5.75 Å². The van der Waals surface area contributed by atoms with E-state index in [1.807, 2.05) is 6.92 Å². The number of nitrogens with zero attached hydrogens (tertiary/aromatic N) is 2. The Morgan fingerprint density at radius 3 is 2.88 bits per heavy atom. The summed E-state index contributed by atoms with van der Waals surface area (Å²) in [5.74, 6) is 1.33. The lowest BCUT2D eigenvalue weighted by Gasteiger charge is -2.34. The number of ether oxygens (including phenoxy) is 1. The zero-order valence-electron chi connectivity index (χ0n) is 15.4. The lowest BCUT2D eigenvalue weighted by atomic mass is 9.95. The van der Waals surface area contributed by atoms with Gasteiger partial charge in [-0.25, -0.2) is 4.39 Å². The molecule has 1 unspecified atom stereocenters. The van der Waals surface area contributed by atoms with Crippen LogP contribution in [0.2, 0.25) is 0 Å². The molecular weight excluding hydrogens is 335 g/mol. The van der Waals surface area contributed by atoms with E-state index in [0.717, 1.165) is 44.9 Å². The predicted octanol–water partition coefficient (Wildman–Crippen LogP) is 2.15. The number of nitrogens with two attached hydrogens (primary N) is 1. The first kappa shape index (κ1) is 20.0. The van der Waals surface area contributed by atoms with Crippen molar-refractivity contribution >= 4 is 11.9 Å². The van der Waals surface area contributed by atoms with Gasteiger partial charge in [-0.05, 0) is 49.9 Å². The van der Waals surface area contributed by atoms with Crippen LogP contribution in [0, 0.1) is 11.7 Å². The summed E-state index contributed by atoms with van der Waals surface area (Å²) in [6.45, 7) is 5.74. The van der Waals surface area contributed by atoms with Gasteiger partial charge in [-0.15, -0.1) is 0 Å². The van der Waals surface area contributed by atoms with Crippen molar-refractivity contribution in [2.24, 2.45) is 16.6 Å². The fraction of sp³-hybridized carbons (Fsp3) is 0.579. The average Bonchev–Trinajstić information content (AvgIpc) is 2.62. The van der Waals surface area contributed by atoms with E-state index in [4.69, 9.17) is 10.5 Å². The van der Waals surface area contributed by atoms with Gasteiger partial charge in [0.25, 0.3) is 0 Å². The minimum atomic E-state index is -0.270. The number of amides is 1. The molecule has 1 aromatic carbocycles.